The average molecular weight is 336 g/mol. The molecule has 0 aliphatic carbocycles. The van der Waals surface area contributed by atoms with Crippen LogP contribution in [0.25, 0.3) is 0 Å². The van der Waals surface area contributed by atoms with Gasteiger partial charge in [-0.1, -0.05) is 11.6 Å². The molecule has 2 heterocycles. The Morgan fingerprint density at radius 1 is 1.65 bits per heavy atom. The van der Waals surface area contributed by atoms with Gasteiger partial charge in [0.15, 0.2) is 0 Å². The van der Waals surface area contributed by atoms with Crippen LogP contribution in [0, 0.1) is 6.92 Å². The van der Waals surface area contributed by atoms with Crippen molar-refractivity contribution in [2.75, 3.05) is 0 Å². The van der Waals surface area contributed by atoms with Crippen LogP contribution in [0.5, 0.6) is 0 Å². The summed E-state index contributed by atoms with van der Waals surface area (Å²) in [6.07, 6.45) is -0.0204. The highest BCUT2D eigenvalue weighted by molar-refractivity contribution is 9.10. The van der Waals surface area contributed by atoms with Gasteiger partial charge in [-0.2, -0.15) is 5.10 Å². The van der Waals surface area contributed by atoms with Gasteiger partial charge in [0.05, 0.1) is 27.0 Å². The summed E-state index contributed by atoms with van der Waals surface area (Å²) < 4.78 is 2.75. The first-order valence-electron chi connectivity index (χ1n) is 5.09. The van der Waals surface area contributed by atoms with E-state index in [1.54, 1.807) is 10.7 Å². The van der Waals surface area contributed by atoms with Crippen LogP contribution in [-0.2, 0) is 13.5 Å². The first-order valence-corrected chi connectivity index (χ1v) is 7.14. The Morgan fingerprint density at radius 3 is 2.82 bits per heavy atom. The van der Waals surface area contributed by atoms with Crippen molar-refractivity contribution < 1.29 is 5.11 Å². The number of aromatic nitrogens is 2. The molecule has 1 atom stereocenters. The Labute approximate surface area is 117 Å². The molecule has 0 aliphatic rings. The van der Waals surface area contributed by atoms with E-state index in [2.05, 4.69) is 21.0 Å². The molecule has 0 bridgehead atoms. The zero-order chi connectivity index (χ0) is 12.6. The highest BCUT2D eigenvalue weighted by Crippen LogP contribution is 2.30. The monoisotopic (exact) mass is 334 g/mol. The van der Waals surface area contributed by atoms with Crippen molar-refractivity contribution in [2.45, 2.75) is 19.4 Å². The maximum Gasteiger partial charge on any atom is 0.0938 e. The molecule has 2 rings (SSSR count). The van der Waals surface area contributed by atoms with Gasteiger partial charge in [-0.25, -0.2) is 0 Å². The van der Waals surface area contributed by atoms with Gasteiger partial charge in [0.2, 0.25) is 0 Å². The van der Waals surface area contributed by atoms with Crippen molar-refractivity contribution in [3.05, 3.63) is 37.2 Å². The van der Waals surface area contributed by atoms with E-state index < -0.39 is 6.10 Å². The third-order valence-corrected chi connectivity index (χ3v) is 4.98. The molecule has 0 saturated carbocycles. The topological polar surface area (TPSA) is 38.0 Å². The quantitative estimate of drug-likeness (QED) is 0.932. The molecule has 1 N–H and O–H groups in total. The summed E-state index contributed by atoms with van der Waals surface area (Å²) in [4.78, 5) is 0.876. The predicted octanol–water partition coefficient (Wildman–Crippen LogP) is 3.48. The Morgan fingerprint density at radius 2 is 2.35 bits per heavy atom. The van der Waals surface area contributed by atoms with Crippen LogP contribution in [0.4, 0.5) is 0 Å². The van der Waals surface area contributed by atoms with Gasteiger partial charge in [-0.05, 0) is 28.9 Å². The molecule has 17 heavy (non-hydrogen) atoms. The van der Waals surface area contributed by atoms with Crippen LogP contribution in [0.2, 0.25) is 5.02 Å². The van der Waals surface area contributed by atoms with Crippen molar-refractivity contribution in [2.24, 2.45) is 7.05 Å². The summed E-state index contributed by atoms with van der Waals surface area (Å²) >= 11 is 10.8. The van der Waals surface area contributed by atoms with Crippen molar-refractivity contribution >= 4 is 38.9 Å². The third-order valence-electron chi connectivity index (χ3n) is 2.56. The lowest BCUT2D eigenvalue weighted by Crippen LogP contribution is -2.05. The van der Waals surface area contributed by atoms with Gasteiger partial charge >= 0.3 is 0 Å². The molecule has 0 radical (unpaired) electrons. The van der Waals surface area contributed by atoms with Crippen molar-refractivity contribution in [1.29, 1.82) is 0 Å². The minimum absolute atomic E-state index is 0.523. The standard InChI is InChI=1S/C11H12BrClN2OS/c1-6-11(12)8(15(2)14-6)4-9(16)10-3-7(13)5-17-10/h3,5,9,16H,4H2,1-2H3. The zero-order valence-electron chi connectivity index (χ0n) is 9.44. The van der Waals surface area contributed by atoms with Crippen LogP contribution in [0.3, 0.4) is 0 Å². The number of thiophene rings is 1. The van der Waals surface area contributed by atoms with E-state index in [1.165, 1.54) is 11.3 Å². The smallest absolute Gasteiger partial charge is 0.0938 e. The summed E-state index contributed by atoms with van der Waals surface area (Å²) in [6, 6.07) is 1.80. The molecule has 3 nitrogen and oxygen atoms in total. The predicted molar refractivity (Wildman–Crippen MR) is 73.6 cm³/mol. The number of rotatable bonds is 3. The maximum absolute atomic E-state index is 10.1. The third kappa shape index (κ3) is 2.73. The number of halogens is 2. The summed E-state index contributed by atoms with van der Waals surface area (Å²) in [6.45, 7) is 1.93. The second kappa shape index (κ2) is 5.10. The fourth-order valence-electron chi connectivity index (χ4n) is 1.69. The van der Waals surface area contributed by atoms with Gasteiger partial charge in [0.1, 0.15) is 0 Å². The van der Waals surface area contributed by atoms with Gasteiger partial charge in [0.25, 0.3) is 0 Å². The molecule has 0 saturated heterocycles. The van der Waals surface area contributed by atoms with Gasteiger partial charge in [-0.15, -0.1) is 11.3 Å². The lowest BCUT2D eigenvalue weighted by molar-refractivity contribution is 0.179. The summed E-state index contributed by atoms with van der Waals surface area (Å²) in [5.74, 6) is 0. The largest absolute Gasteiger partial charge is 0.387 e. The summed E-state index contributed by atoms with van der Waals surface area (Å²) in [7, 11) is 1.88. The molecular formula is C11H12BrClN2OS. The van der Waals surface area contributed by atoms with E-state index in [-0.39, 0.29) is 0 Å². The number of aryl methyl sites for hydroxylation is 2. The zero-order valence-corrected chi connectivity index (χ0v) is 12.6. The normalized spacial score (nSPS) is 13.0. The van der Waals surface area contributed by atoms with Crippen molar-refractivity contribution in [1.82, 2.24) is 9.78 Å². The minimum atomic E-state index is -0.543. The van der Waals surface area contributed by atoms with Crippen molar-refractivity contribution in [3.63, 3.8) is 0 Å². The van der Waals surface area contributed by atoms with E-state index in [1.807, 2.05) is 19.4 Å². The molecule has 0 aromatic carbocycles. The minimum Gasteiger partial charge on any atom is -0.387 e. The van der Waals surface area contributed by atoms with E-state index in [0.717, 1.165) is 20.7 Å². The average Bonchev–Trinajstić information content (AvgIpc) is 2.79. The molecule has 0 fully saturated rings. The fraction of sp³-hybridized carbons (Fsp3) is 0.364. The van der Waals surface area contributed by atoms with Crippen LogP contribution < -0.4 is 0 Å². The van der Waals surface area contributed by atoms with E-state index in [4.69, 9.17) is 11.6 Å². The molecule has 0 spiro atoms. The van der Waals surface area contributed by atoms with E-state index in [0.29, 0.717) is 11.4 Å². The van der Waals surface area contributed by atoms with Crippen LogP contribution in [0.15, 0.2) is 15.9 Å². The van der Waals surface area contributed by atoms with Crippen molar-refractivity contribution in [3.8, 4) is 0 Å². The van der Waals surface area contributed by atoms with Gasteiger partial charge in [0, 0.05) is 23.7 Å². The van der Waals surface area contributed by atoms with Gasteiger partial charge in [-0.3, -0.25) is 4.68 Å². The Balaban J connectivity index is 2.21. The Kier molecular flexibility index (Phi) is 3.92. The molecule has 2 aromatic heterocycles. The highest BCUT2D eigenvalue weighted by Gasteiger charge is 2.17. The van der Waals surface area contributed by atoms with Gasteiger partial charge < -0.3 is 5.11 Å². The number of aliphatic hydroxyl groups excluding tert-OH is 1. The molecule has 2 aromatic rings. The molecular weight excluding hydrogens is 324 g/mol. The Bertz CT molecular complexity index is 538. The van der Waals surface area contributed by atoms with Crippen LogP contribution >= 0.6 is 38.9 Å². The molecule has 6 heteroatoms. The molecule has 0 aliphatic heterocycles. The first kappa shape index (κ1) is 13.1. The number of hydrogen-bond acceptors (Lipinski definition) is 3. The first-order chi connectivity index (χ1) is 7.99. The fourth-order valence-corrected chi connectivity index (χ4v) is 3.25. The Hall–Kier alpha value is -0.360. The molecule has 92 valence electrons. The van der Waals surface area contributed by atoms with Crippen LogP contribution in [0.1, 0.15) is 22.4 Å². The molecule has 0 amide bonds. The SMILES string of the molecule is Cc1nn(C)c(CC(O)c2cc(Cl)cs2)c1Br. The van der Waals surface area contributed by atoms with Crippen LogP contribution in [-0.4, -0.2) is 14.9 Å². The summed E-state index contributed by atoms with van der Waals surface area (Å²) in [5, 5.41) is 16.9. The number of aliphatic hydroxyl groups is 1. The lowest BCUT2D eigenvalue weighted by Gasteiger charge is -2.09. The molecule has 1 unspecified atom stereocenters. The van der Waals surface area contributed by atoms with E-state index in [9.17, 15) is 5.11 Å². The second-order valence-electron chi connectivity index (χ2n) is 3.86. The number of nitrogens with zero attached hydrogens (tertiary/aromatic N) is 2. The van der Waals surface area contributed by atoms with E-state index >= 15 is 0 Å². The lowest BCUT2D eigenvalue weighted by atomic mass is 10.1. The summed E-state index contributed by atoms with van der Waals surface area (Å²) in [5.41, 5.74) is 1.92. The maximum atomic E-state index is 10.1. The highest BCUT2D eigenvalue weighted by atomic mass is 79.9. The second-order valence-corrected chi connectivity index (χ2v) is 6.03. The number of hydrogen-bond donors (Lipinski definition) is 1.